The molecular weight excluding hydrogens is 337 g/mol. The largest absolute Gasteiger partial charge is 0.423 e. The molecule has 0 saturated carbocycles. The number of aromatic nitrogens is 1. The fourth-order valence-electron chi connectivity index (χ4n) is 2.88. The summed E-state index contributed by atoms with van der Waals surface area (Å²) in [6.45, 7) is 4.75. The van der Waals surface area contributed by atoms with Gasteiger partial charge in [-0.15, -0.1) is 11.3 Å². The van der Waals surface area contributed by atoms with E-state index in [1.165, 1.54) is 6.07 Å². The van der Waals surface area contributed by atoms with Gasteiger partial charge < -0.3 is 14.6 Å². The molecule has 1 fully saturated rings. The minimum absolute atomic E-state index is 0.233. The molecule has 3 aromatic rings. The number of anilines is 1. The molecule has 3 heterocycles. The van der Waals surface area contributed by atoms with Gasteiger partial charge in [-0.05, 0) is 31.2 Å². The Morgan fingerprint density at radius 2 is 2.30 bits per heavy atom. The van der Waals surface area contributed by atoms with Crippen molar-refractivity contribution < 1.29 is 8.81 Å². The average molecular weight is 352 g/mol. The van der Waals surface area contributed by atoms with E-state index in [-0.39, 0.29) is 5.13 Å². The van der Waals surface area contributed by atoms with Gasteiger partial charge in [-0.25, -0.2) is 0 Å². The number of fused-ring (bicyclic) bond motifs is 1. The number of oxazole rings is 1. The number of piperazine rings is 1. The van der Waals surface area contributed by atoms with Crippen LogP contribution >= 0.6 is 22.9 Å². The summed E-state index contributed by atoms with van der Waals surface area (Å²) in [5.41, 5.74) is 2.13. The lowest BCUT2D eigenvalue weighted by atomic mass is 10.1. The number of benzene rings is 1. The molecule has 1 aliphatic rings. The molecule has 0 aliphatic carbocycles. The lowest BCUT2D eigenvalue weighted by molar-refractivity contribution is 0.456. The van der Waals surface area contributed by atoms with Crippen molar-refractivity contribution in [2.24, 2.45) is 0 Å². The van der Waals surface area contributed by atoms with Crippen molar-refractivity contribution in [2.75, 3.05) is 24.5 Å². The zero-order valence-corrected chi connectivity index (χ0v) is 14.0. The number of halogens is 2. The maximum Gasteiger partial charge on any atom is 0.298 e. The third kappa shape index (κ3) is 2.71. The van der Waals surface area contributed by atoms with Crippen LogP contribution in [0.25, 0.3) is 21.5 Å². The topological polar surface area (TPSA) is 41.3 Å². The molecule has 1 N–H and O–H groups in total. The van der Waals surface area contributed by atoms with Gasteiger partial charge in [-0.3, -0.25) is 0 Å². The molecule has 4 rings (SSSR count). The Labute approximate surface area is 141 Å². The molecule has 0 bridgehead atoms. The Kier molecular flexibility index (Phi) is 3.75. The second-order valence-electron chi connectivity index (χ2n) is 5.65. The number of nitrogens with one attached hydrogen (secondary N) is 1. The maximum absolute atomic E-state index is 13.4. The molecule has 2 aromatic heterocycles. The minimum Gasteiger partial charge on any atom is -0.423 e. The fourth-order valence-corrected chi connectivity index (χ4v) is 3.83. The molecule has 0 spiro atoms. The van der Waals surface area contributed by atoms with Crippen LogP contribution in [0, 0.1) is 5.13 Å². The molecule has 23 heavy (non-hydrogen) atoms. The number of hydrogen-bond donors (Lipinski definition) is 1. The number of thiophene rings is 1. The molecule has 4 nitrogen and oxygen atoms in total. The summed E-state index contributed by atoms with van der Waals surface area (Å²) in [6, 6.07) is 7.66. The summed E-state index contributed by atoms with van der Waals surface area (Å²) >= 11 is 7.28. The number of hydrogen-bond acceptors (Lipinski definition) is 5. The number of nitrogens with zero attached hydrogens (tertiary/aromatic N) is 2. The highest BCUT2D eigenvalue weighted by atomic mass is 35.5. The van der Waals surface area contributed by atoms with Gasteiger partial charge in [0.25, 0.3) is 6.01 Å². The molecule has 1 aliphatic heterocycles. The second-order valence-corrected chi connectivity index (χ2v) is 7.12. The van der Waals surface area contributed by atoms with Crippen molar-refractivity contribution >= 4 is 40.1 Å². The SMILES string of the molecule is C[C@H]1CNCCN1c1nc2cc(Cl)cc(-c3ccc(F)s3)c2o1. The van der Waals surface area contributed by atoms with E-state index < -0.39 is 0 Å². The highest BCUT2D eigenvalue weighted by Gasteiger charge is 2.24. The van der Waals surface area contributed by atoms with Crippen molar-refractivity contribution in [3.63, 3.8) is 0 Å². The lowest BCUT2D eigenvalue weighted by Gasteiger charge is -2.32. The fraction of sp³-hybridized carbons (Fsp3) is 0.312. The van der Waals surface area contributed by atoms with Gasteiger partial charge in [0, 0.05) is 41.1 Å². The van der Waals surface area contributed by atoms with E-state index in [9.17, 15) is 4.39 Å². The van der Waals surface area contributed by atoms with Crippen molar-refractivity contribution in [3.8, 4) is 10.4 Å². The quantitative estimate of drug-likeness (QED) is 0.753. The Bertz CT molecular complexity index is 862. The van der Waals surface area contributed by atoms with Gasteiger partial charge in [-0.2, -0.15) is 9.37 Å². The van der Waals surface area contributed by atoms with Crippen LogP contribution in [0.3, 0.4) is 0 Å². The molecular formula is C16H15ClFN3OS. The van der Waals surface area contributed by atoms with E-state index in [1.807, 2.05) is 0 Å². The monoisotopic (exact) mass is 351 g/mol. The van der Waals surface area contributed by atoms with Gasteiger partial charge in [0.2, 0.25) is 0 Å². The summed E-state index contributed by atoms with van der Waals surface area (Å²) in [7, 11) is 0. The van der Waals surface area contributed by atoms with Crippen molar-refractivity contribution in [1.29, 1.82) is 0 Å². The van der Waals surface area contributed by atoms with Crippen LogP contribution in [0.4, 0.5) is 10.4 Å². The smallest absolute Gasteiger partial charge is 0.298 e. The first-order valence-corrected chi connectivity index (χ1v) is 8.64. The maximum atomic E-state index is 13.4. The van der Waals surface area contributed by atoms with Crippen LogP contribution in [0.5, 0.6) is 0 Å². The van der Waals surface area contributed by atoms with Gasteiger partial charge >= 0.3 is 0 Å². The van der Waals surface area contributed by atoms with Gasteiger partial charge in [0.1, 0.15) is 5.52 Å². The van der Waals surface area contributed by atoms with E-state index in [0.29, 0.717) is 28.2 Å². The van der Waals surface area contributed by atoms with E-state index >= 15 is 0 Å². The molecule has 1 atom stereocenters. The first-order valence-electron chi connectivity index (χ1n) is 7.45. The van der Waals surface area contributed by atoms with E-state index in [1.54, 1.807) is 18.2 Å². The number of rotatable bonds is 2. The lowest BCUT2D eigenvalue weighted by Crippen LogP contribution is -2.50. The Balaban J connectivity index is 1.84. The molecule has 1 aromatic carbocycles. The van der Waals surface area contributed by atoms with Crippen LogP contribution in [-0.2, 0) is 0 Å². The Morgan fingerprint density at radius 1 is 1.43 bits per heavy atom. The van der Waals surface area contributed by atoms with Crippen molar-refractivity contribution in [1.82, 2.24) is 10.3 Å². The van der Waals surface area contributed by atoms with Crippen LogP contribution in [-0.4, -0.2) is 30.7 Å². The summed E-state index contributed by atoms with van der Waals surface area (Å²) in [5, 5.41) is 3.68. The van der Waals surface area contributed by atoms with Crippen LogP contribution in [0.2, 0.25) is 5.02 Å². The predicted molar refractivity (Wildman–Crippen MR) is 92.0 cm³/mol. The van der Waals surface area contributed by atoms with E-state index in [0.717, 1.165) is 41.4 Å². The third-order valence-electron chi connectivity index (χ3n) is 4.03. The normalized spacial score (nSPS) is 18.7. The van der Waals surface area contributed by atoms with Crippen LogP contribution in [0.15, 0.2) is 28.7 Å². The molecule has 1 saturated heterocycles. The molecule has 0 radical (unpaired) electrons. The van der Waals surface area contributed by atoms with Gasteiger partial charge in [-0.1, -0.05) is 11.6 Å². The van der Waals surface area contributed by atoms with E-state index in [4.69, 9.17) is 16.0 Å². The average Bonchev–Trinajstić information content (AvgIpc) is 3.13. The summed E-state index contributed by atoms with van der Waals surface area (Å²) in [6.07, 6.45) is 0. The predicted octanol–water partition coefficient (Wildman–Crippen LogP) is 4.15. The van der Waals surface area contributed by atoms with E-state index in [2.05, 4.69) is 22.1 Å². The summed E-state index contributed by atoms with van der Waals surface area (Å²) in [5.74, 6) is 0. The summed E-state index contributed by atoms with van der Waals surface area (Å²) < 4.78 is 19.4. The Hall–Kier alpha value is -1.63. The zero-order valence-electron chi connectivity index (χ0n) is 12.5. The van der Waals surface area contributed by atoms with Crippen LogP contribution < -0.4 is 10.2 Å². The second kappa shape index (κ2) is 5.78. The first-order chi connectivity index (χ1) is 11.1. The van der Waals surface area contributed by atoms with Crippen molar-refractivity contribution in [3.05, 3.63) is 34.4 Å². The highest BCUT2D eigenvalue weighted by molar-refractivity contribution is 7.14. The minimum atomic E-state index is -0.233. The first kappa shape index (κ1) is 14.9. The van der Waals surface area contributed by atoms with Gasteiger partial charge in [0.05, 0.1) is 0 Å². The summed E-state index contributed by atoms with van der Waals surface area (Å²) in [4.78, 5) is 7.52. The third-order valence-corrected chi connectivity index (χ3v) is 5.15. The van der Waals surface area contributed by atoms with Crippen LogP contribution in [0.1, 0.15) is 6.92 Å². The zero-order chi connectivity index (χ0) is 16.0. The molecule has 0 unspecified atom stereocenters. The highest BCUT2D eigenvalue weighted by Crippen LogP contribution is 2.37. The standard InChI is InChI=1S/C16H15ClFN3OS/c1-9-8-19-4-5-21(9)16-20-12-7-10(17)6-11(15(12)22-16)13-2-3-14(18)23-13/h2-3,6-7,9,19H,4-5,8H2,1H3/t9-/m0/s1. The molecule has 0 amide bonds. The molecule has 7 heteroatoms. The van der Waals surface area contributed by atoms with Crippen molar-refractivity contribution in [2.45, 2.75) is 13.0 Å². The van der Waals surface area contributed by atoms with Gasteiger partial charge in [0.15, 0.2) is 10.7 Å². The Morgan fingerprint density at radius 3 is 3.04 bits per heavy atom. The molecule has 120 valence electrons.